The van der Waals surface area contributed by atoms with Gasteiger partial charge >= 0.3 is 5.97 Å². The van der Waals surface area contributed by atoms with E-state index in [1.165, 1.54) is 103 Å². The van der Waals surface area contributed by atoms with E-state index in [0.29, 0.717) is 19.4 Å². The van der Waals surface area contributed by atoms with E-state index in [1.807, 2.05) is 6.08 Å². The van der Waals surface area contributed by atoms with Crippen molar-refractivity contribution in [1.82, 2.24) is 5.32 Å². The number of amides is 1. The Morgan fingerprint density at radius 2 is 1.00 bits per heavy atom. The maximum atomic E-state index is 13.0. The van der Waals surface area contributed by atoms with E-state index in [1.54, 1.807) is 6.08 Å². The number of aliphatic hydroxyl groups is 5. The molecule has 0 radical (unpaired) electrons. The third kappa shape index (κ3) is 37.8. The average Bonchev–Trinajstić information content (AvgIpc) is 3.34. The summed E-state index contributed by atoms with van der Waals surface area (Å²) in [7, 11) is 0. The zero-order chi connectivity index (χ0) is 50.3. The van der Waals surface area contributed by atoms with Crippen LogP contribution in [0.2, 0.25) is 0 Å². The van der Waals surface area contributed by atoms with Gasteiger partial charge in [-0.2, -0.15) is 0 Å². The highest BCUT2D eigenvalue weighted by Gasteiger charge is 2.44. The van der Waals surface area contributed by atoms with Gasteiger partial charge in [0.25, 0.3) is 0 Å². The van der Waals surface area contributed by atoms with Gasteiger partial charge in [-0.25, -0.2) is 0 Å². The van der Waals surface area contributed by atoms with Crippen LogP contribution in [0.15, 0.2) is 60.8 Å². The van der Waals surface area contributed by atoms with E-state index in [-0.39, 0.29) is 18.5 Å². The molecule has 400 valence electrons. The summed E-state index contributed by atoms with van der Waals surface area (Å²) in [5, 5.41) is 54.3. The van der Waals surface area contributed by atoms with Crippen LogP contribution in [0.4, 0.5) is 0 Å². The molecule has 0 aromatic rings. The molecule has 0 saturated carbocycles. The lowest BCUT2D eigenvalue weighted by atomic mass is 9.99. The molecular weight excluding hydrogens is 871 g/mol. The van der Waals surface area contributed by atoms with Crippen molar-refractivity contribution in [1.29, 1.82) is 0 Å². The standard InChI is InChI=1S/C58H103NO10/c1-3-5-7-9-11-13-15-16-18-21-25-28-32-36-40-44-51(61)50(49-68-58-57(66)56(65)55(64)52(48-60)69-58)59-53(62)45-41-37-33-29-26-22-19-17-20-23-27-31-35-39-43-47-67-54(63)46-42-38-34-30-24-14-12-10-8-6-4-2/h10,12,17,20,23,25,27-28,40,44,50-52,55-58,60-61,64-66H,3-9,11,13-16,18-19,21-22,24,26,29-39,41-43,45-49H2,1-2H3,(H,59,62)/b12-10-,20-17-,27-23-,28-25+,44-40+. The number of carbonyl (C=O) groups excluding carboxylic acids is 2. The van der Waals surface area contributed by atoms with Gasteiger partial charge in [-0.1, -0.05) is 184 Å². The molecule has 0 aromatic heterocycles. The highest BCUT2D eigenvalue weighted by molar-refractivity contribution is 5.76. The number of aliphatic hydroxyl groups excluding tert-OH is 5. The Morgan fingerprint density at radius 3 is 1.57 bits per heavy atom. The first kappa shape index (κ1) is 64.4. The fourth-order valence-electron chi connectivity index (χ4n) is 8.30. The largest absolute Gasteiger partial charge is 0.466 e. The van der Waals surface area contributed by atoms with Gasteiger partial charge in [0.15, 0.2) is 6.29 Å². The number of carbonyl (C=O) groups is 2. The molecule has 7 atom stereocenters. The predicted molar refractivity (Wildman–Crippen MR) is 283 cm³/mol. The zero-order valence-corrected chi connectivity index (χ0v) is 43.8. The fourth-order valence-corrected chi connectivity index (χ4v) is 8.30. The number of unbranched alkanes of at least 4 members (excludes halogenated alkanes) is 26. The van der Waals surface area contributed by atoms with E-state index in [2.05, 4.69) is 67.8 Å². The van der Waals surface area contributed by atoms with Crippen molar-refractivity contribution in [2.75, 3.05) is 19.8 Å². The van der Waals surface area contributed by atoms with E-state index in [9.17, 15) is 35.1 Å². The van der Waals surface area contributed by atoms with Crippen LogP contribution in [-0.2, 0) is 23.8 Å². The molecule has 0 aromatic carbocycles. The van der Waals surface area contributed by atoms with Crippen LogP contribution in [-0.4, -0.2) is 100 Å². The highest BCUT2D eigenvalue weighted by atomic mass is 16.7. The highest BCUT2D eigenvalue weighted by Crippen LogP contribution is 2.23. The van der Waals surface area contributed by atoms with Gasteiger partial charge in [-0.3, -0.25) is 9.59 Å². The van der Waals surface area contributed by atoms with Crippen LogP contribution in [0, 0.1) is 0 Å². The quantitative estimate of drug-likeness (QED) is 0.0149. The molecule has 0 bridgehead atoms. The van der Waals surface area contributed by atoms with Crippen LogP contribution in [0.25, 0.3) is 0 Å². The van der Waals surface area contributed by atoms with Crippen LogP contribution < -0.4 is 5.32 Å². The Morgan fingerprint density at radius 1 is 0.536 bits per heavy atom. The number of esters is 1. The molecule has 1 amide bonds. The van der Waals surface area contributed by atoms with E-state index in [4.69, 9.17) is 14.2 Å². The minimum Gasteiger partial charge on any atom is -0.466 e. The second-order valence-electron chi connectivity index (χ2n) is 19.3. The van der Waals surface area contributed by atoms with Crippen LogP contribution in [0.3, 0.4) is 0 Å². The minimum atomic E-state index is -1.59. The van der Waals surface area contributed by atoms with Gasteiger partial charge in [0.1, 0.15) is 24.4 Å². The molecule has 1 saturated heterocycles. The summed E-state index contributed by atoms with van der Waals surface area (Å²) in [6.07, 6.45) is 50.1. The SMILES string of the molecule is CCCC/C=C\CCCCCCCC(=O)OCCCCC/C=C\C=C/CCCCCCCCC(=O)NC(COC1OC(CO)C(O)C(O)C1O)C(O)/C=C/CC/C=C/CCCCCCCCCCC. The Labute approximate surface area is 420 Å². The van der Waals surface area contributed by atoms with Gasteiger partial charge in [0, 0.05) is 12.8 Å². The Bertz CT molecular complexity index is 1330. The van der Waals surface area contributed by atoms with E-state index < -0.39 is 49.5 Å². The molecule has 1 rings (SSSR count). The van der Waals surface area contributed by atoms with Crippen LogP contribution in [0.5, 0.6) is 0 Å². The maximum absolute atomic E-state index is 13.0. The first-order chi connectivity index (χ1) is 33.7. The monoisotopic (exact) mass is 974 g/mol. The average molecular weight is 974 g/mol. The minimum absolute atomic E-state index is 0.0538. The summed E-state index contributed by atoms with van der Waals surface area (Å²) < 4.78 is 16.6. The zero-order valence-electron chi connectivity index (χ0n) is 43.8. The van der Waals surface area contributed by atoms with Gasteiger partial charge in [-0.15, -0.1) is 0 Å². The van der Waals surface area contributed by atoms with E-state index in [0.717, 1.165) is 103 Å². The van der Waals surface area contributed by atoms with Gasteiger partial charge < -0.3 is 45.1 Å². The lowest BCUT2D eigenvalue weighted by molar-refractivity contribution is -0.302. The van der Waals surface area contributed by atoms with Gasteiger partial charge in [0.2, 0.25) is 5.91 Å². The number of hydrogen-bond acceptors (Lipinski definition) is 10. The number of rotatable bonds is 47. The van der Waals surface area contributed by atoms with Crippen molar-refractivity contribution >= 4 is 11.9 Å². The topological polar surface area (TPSA) is 175 Å². The summed E-state index contributed by atoms with van der Waals surface area (Å²) in [6, 6.07) is -0.846. The first-order valence-electron chi connectivity index (χ1n) is 28.1. The van der Waals surface area contributed by atoms with E-state index >= 15 is 0 Å². The first-order valence-corrected chi connectivity index (χ1v) is 28.1. The maximum Gasteiger partial charge on any atom is 0.305 e. The summed E-state index contributed by atoms with van der Waals surface area (Å²) in [5.74, 6) is -0.270. The molecule has 69 heavy (non-hydrogen) atoms. The lowest BCUT2D eigenvalue weighted by Crippen LogP contribution is -2.60. The number of allylic oxidation sites excluding steroid dienone is 9. The molecule has 7 unspecified atom stereocenters. The molecule has 11 nitrogen and oxygen atoms in total. The van der Waals surface area contributed by atoms with Crippen molar-refractivity contribution in [3.8, 4) is 0 Å². The van der Waals surface area contributed by atoms with Crippen molar-refractivity contribution in [2.45, 2.75) is 275 Å². The second-order valence-corrected chi connectivity index (χ2v) is 19.3. The summed E-state index contributed by atoms with van der Waals surface area (Å²) in [6.45, 7) is 4.20. The van der Waals surface area contributed by atoms with Crippen molar-refractivity contribution in [2.24, 2.45) is 0 Å². The van der Waals surface area contributed by atoms with Crippen molar-refractivity contribution in [3.63, 3.8) is 0 Å². The molecule has 6 N–H and O–H groups in total. The summed E-state index contributed by atoms with van der Waals surface area (Å²) in [4.78, 5) is 25.0. The van der Waals surface area contributed by atoms with Crippen molar-refractivity contribution < 1.29 is 49.3 Å². The number of nitrogens with one attached hydrogen (secondary N) is 1. The molecule has 0 spiro atoms. The summed E-state index contributed by atoms with van der Waals surface area (Å²) in [5.41, 5.74) is 0. The third-order valence-corrected chi connectivity index (χ3v) is 12.9. The number of ether oxygens (including phenoxy) is 3. The van der Waals surface area contributed by atoms with Gasteiger partial charge in [0.05, 0.1) is 32.0 Å². The molecule has 1 aliphatic heterocycles. The number of hydrogen-bond donors (Lipinski definition) is 6. The molecule has 1 heterocycles. The molecule has 11 heteroatoms. The Kier molecular flexibility index (Phi) is 44.5. The Hall–Kier alpha value is -2.64. The second kappa shape index (κ2) is 47.7. The third-order valence-electron chi connectivity index (χ3n) is 12.9. The molecule has 1 fully saturated rings. The van der Waals surface area contributed by atoms with Crippen LogP contribution in [0.1, 0.15) is 232 Å². The molecule has 1 aliphatic rings. The lowest BCUT2D eigenvalue weighted by Gasteiger charge is -2.40. The molecular formula is C58H103NO10. The van der Waals surface area contributed by atoms with Gasteiger partial charge in [-0.05, 0) is 96.3 Å². The Balaban J connectivity index is 2.23. The summed E-state index contributed by atoms with van der Waals surface area (Å²) >= 11 is 0. The fraction of sp³-hybridized carbons (Fsp3) is 0.793. The smallest absolute Gasteiger partial charge is 0.305 e. The molecule has 0 aliphatic carbocycles. The van der Waals surface area contributed by atoms with Crippen LogP contribution >= 0.6 is 0 Å². The van der Waals surface area contributed by atoms with Crippen molar-refractivity contribution in [3.05, 3.63) is 60.8 Å². The predicted octanol–water partition coefficient (Wildman–Crippen LogP) is 12.3. The normalized spacial score (nSPS) is 19.8.